The van der Waals surface area contributed by atoms with Gasteiger partial charge in [0.15, 0.2) is 5.82 Å². The first-order valence-electron chi connectivity index (χ1n) is 16.5. The maximum atomic E-state index is 5.12. The Kier molecular flexibility index (Phi) is 6.76. The molecule has 9 aromatic rings. The van der Waals surface area contributed by atoms with E-state index < -0.39 is 0 Å². The van der Waals surface area contributed by atoms with Gasteiger partial charge in [-0.1, -0.05) is 116 Å². The summed E-state index contributed by atoms with van der Waals surface area (Å²) in [6, 6.07) is 46.3. The van der Waals surface area contributed by atoms with Crippen LogP contribution in [0.2, 0.25) is 0 Å². The summed E-state index contributed by atoms with van der Waals surface area (Å²) < 4.78 is 4.64. The number of benzene rings is 5. The molecule has 0 atom stereocenters. The number of aromatic nitrogens is 5. The molecule has 0 amide bonds. The molecule has 0 saturated carbocycles. The van der Waals surface area contributed by atoms with Crippen LogP contribution in [0.1, 0.15) is 18.2 Å². The lowest BCUT2D eigenvalue weighted by molar-refractivity contribution is 1.03. The summed E-state index contributed by atoms with van der Waals surface area (Å²) in [4.78, 5) is 15.2. The van der Waals surface area contributed by atoms with E-state index in [9.17, 15) is 0 Å². The Bertz CT molecular complexity index is 2720. The fourth-order valence-electron chi connectivity index (χ4n) is 7.16. The molecule has 232 valence electrons. The Labute approximate surface area is 283 Å². The molecule has 4 aromatic heterocycles. The van der Waals surface area contributed by atoms with Gasteiger partial charge in [0, 0.05) is 50.1 Å². The zero-order valence-electron chi connectivity index (χ0n) is 27.0. The Hall–Kier alpha value is -6.59. The quantitative estimate of drug-likeness (QED) is 0.184. The van der Waals surface area contributed by atoms with Crippen LogP contribution in [0.4, 0.5) is 0 Å². The molecular formula is C44H31N5. The summed E-state index contributed by atoms with van der Waals surface area (Å²) >= 11 is 0. The summed E-state index contributed by atoms with van der Waals surface area (Å²) in [7, 11) is 0. The van der Waals surface area contributed by atoms with Gasteiger partial charge in [0.25, 0.3) is 0 Å². The molecule has 0 saturated heterocycles. The van der Waals surface area contributed by atoms with E-state index in [1.807, 2.05) is 55.6 Å². The standard InChI is InChI=1S/C44H31N5/c1-3-15-38-32(4-2)34-25-26-35-33-20-12-14-23-39(33)48(31-18-9-6-10-19-31)42(35)43(34)49(38)40-27-24-30(28-45-40)44-46-37-22-13-11-21-36(37)41(47-44)29-16-7-5-8-17-29/h3-28H,2H2,1H3/b15-3-. The number of nitrogens with zero attached hydrogens (tertiary/aromatic N) is 5. The number of rotatable bonds is 6. The zero-order valence-corrected chi connectivity index (χ0v) is 27.0. The first kappa shape index (κ1) is 28.6. The zero-order chi connectivity index (χ0) is 32.9. The number of para-hydroxylation sites is 3. The SMILES string of the molecule is C=Cc1c(/C=C\C)n(-c2ccc(-c3nc(-c4ccccc4)c4ccccc4n3)cn2)c2c1ccc1c3ccccc3n(-c3ccccc3)c12. The van der Waals surface area contributed by atoms with Gasteiger partial charge >= 0.3 is 0 Å². The van der Waals surface area contributed by atoms with Gasteiger partial charge in [-0.25, -0.2) is 15.0 Å². The monoisotopic (exact) mass is 629 g/mol. The van der Waals surface area contributed by atoms with Gasteiger partial charge in [-0.2, -0.15) is 0 Å². The first-order valence-corrected chi connectivity index (χ1v) is 16.5. The van der Waals surface area contributed by atoms with E-state index in [4.69, 9.17) is 15.0 Å². The predicted molar refractivity (Wildman–Crippen MR) is 204 cm³/mol. The van der Waals surface area contributed by atoms with Gasteiger partial charge < -0.3 is 4.57 Å². The van der Waals surface area contributed by atoms with Gasteiger partial charge in [0.05, 0.1) is 33.5 Å². The molecule has 0 spiro atoms. The van der Waals surface area contributed by atoms with Crippen molar-refractivity contribution in [2.45, 2.75) is 6.92 Å². The average molecular weight is 630 g/mol. The molecule has 5 nitrogen and oxygen atoms in total. The van der Waals surface area contributed by atoms with E-state index in [2.05, 4.69) is 125 Å². The van der Waals surface area contributed by atoms with E-state index in [0.717, 1.165) is 72.4 Å². The first-order chi connectivity index (χ1) is 24.2. The number of hydrogen-bond acceptors (Lipinski definition) is 3. The highest BCUT2D eigenvalue weighted by molar-refractivity contribution is 6.19. The van der Waals surface area contributed by atoms with Crippen LogP contribution >= 0.6 is 0 Å². The van der Waals surface area contributed by atoms with Crippen molar-refractivity contribution in [1.29, 1.82) is 0 Å². The van der Waals surface area contributed by atoms with E-state index in [0.29, 0.717) is 5.82 Å². The van der Waals surface area contributed by atoms with E-state index in [1.165, 1.54) is 10.8 Å². The molecule has 49 heavy (non-hydrogen) atoms. The summed E-state index contributed by atoms with van der Waals surface area (Å²) in [5.41, 5.74) is 10.3. The number of hydrogen-bond donors (Lipinski definition) is 0. The second kappa shape index (κ2) is 11.6. The Morgan fingerprint density at radius 2 is 1.29 bits per heavy atom. The fraction of sp³-hybridized carbons (Fsp3) is 0.0227. The van der Waals surface area contributed by atoms with Crippen molar-refractivity contribution in [3.05, 3.63) is 164 Å². The molecule has 5 heteroatoms. The van der Waals surface area contributed by atoms with Gasteiger partial charge in [-0.15, -0.1) is 0 Å². The topological polar surface area (TPSA) is 48.5 Å². The molecular weight excluding hydrogens is 599 g/mol. The second-order valence-electron chi connectivity index (χ2n) is 12.1. The lowest BCUT2D eigenvalue weighted by atomic mass is 10.1. The Morgan fingerprint density at radius 1 is 0.592 bits per heavy atom. The maximum Gasteiger partial charge on any atom is 0.161 e. The highest BCUT2D eigenvalue weighted by Gasteiger charge is 2.23. The minimum atomic E-state index is 0.640. The summed E-state index contributed by atoms with van der Waals surface area (Å²) in [6.07, 6.45) is 8.06. The lowest BCUT2D eigenvalue weighted by Gasteiger charge is -2.13. The van der Waals surface area contributed by atoms with E-state index in [-0.39, 0.29) is 0 Å². The Morgan fingerprint density at radius 3 is 2.04 bits per heavy atom. The largest absolute Gasteiger partial charge is 0.307 e. The van der Waals surface area contributed by atoms with Crippen molar-refractivity contribution in [2.75, 3.05) is 0 Å². The van der Waals surface area contributed by atoms with Crippen molar-refractivity contribution < 1.29 is 0 Å². The lowest BCUT2D eigenvalue weighted by Crippen LogP contribution is -2.03. The van der Waals surface area contributed by atoms with Crippen molar-refractivity contribution in [1.82, 2.24) is 24.1 Å². The van der Waals surface area contributed by atoms with Crippen LogP contribution in [0.5, 0.6) is 0 Å². The van der Waals surface area contributed by atoms with Crippen LogP contribution in [0.3, 0.4) is 0 Å². The van der Waals surface area contributed by atoms with E-state index in [1.54, 1.807) is 0 Å². The average Bonchev–Trinajstić information content (AvgIpc) is 3.67. The van der Waals surface area contributed by atoms with Crippen molar-refractivity contribution in [3.63, 3.8) is 0 Å². The third-order valence-corrected chi connectivity index (χ3v) is 9.27. The molecule has 0 radical (unpaired) electrons. The highest BCUT2D eigenvalue weighted by atomic mass is 15.1. The second-order valence-corrected chi connectivity index (χ2v) is 12.1. The molecule has 0 bridgehead atoms. The molecule has 5 aromatic carbocycles. The molecule has 4 heterocycles. The molecule has 0 unspecified atom stereocenters. The van der Waals surface area contributed by atoms with Crippen molar-refractivity contribution in [2.24, 2.45) is 0 Å². The molecule has 0 aliphatic rings. The molecule has 0 aliphatic heterocycles. The van der Waals surface area contributed by atoms with E-state index >= 15 is 0 Å². The molecule has 0 aliphatic carbocycles. The number of allylic oxidation sites excluding steroid dienone is 1. The summed E-state index contributed by atoms with van der Waals surface area (Å²) in [5.74, 6) is 1.44. The summed E-state index contributed by atoms with van der Waals surface area (Å²) in [6.45, 7) is 6.30. The van der Waals surface area contributed by atoms with Gasteiger partial charge in [-0.05, 0) is 49.4 Å². The minimum absolute atomic E-state index is 0.640. The van der Waals surface area contributed by atoms with Crippen molar-refractivity contribution >= 4 is 55.8 Å². The number of pyridine rings is 1. The summed E-state index contributed by atoms with van der Waals surface area (Å²) in [5, 5.41) is 4.52. The normalized spacial score (nSPS) is 11.8. The van der Waals surface area contributed by atoms with Gasteiger partial charge in [-0.3, -0.25) is 4.57 Å². The third-order valence-electron chi connectivity index (χ3n) is 9.27. The van der Waals surface area contributed by atoms with Crippen LogP contribution in [-0.4, -0.2) is 24.1 Å². The maximum absolute atomic E-state index is 5.12. The van der Waals surface area contributed by atoms with Crippen molar-refractivity contribution in [3.8, 4) is 34.2 Å². The highest BCUT2D eigenvalue weighted by Crippen LogP contribution is 2.41. The van der Waals surface area contributed by atoms with Crippen LogP contribution in [0, 0.1) is 0 Å². The minimum Gasteiger partial charge on any atom is -0.307 e. The number of fused-ring (bicyclic) bond motifs is 6. The van der Waals surface area contributed by atoms with Crippen LogP contribution < -0.4 is 0 Å². The third kappa shape index (κ3) is 4.51. The molecule has 0 N–H and O–H groups in total. The van der Waals surface area contributed by atoms with Crippen LogP contribution in [0.15, 0.2) is 152 Å². The molecule has 9 rings (SSSR count). The fourth-order valence-corrected chi connectivity index (χ4v) is 7.16. The Balaban J connectivity index is 1.31. The smallest absolute Gasteiger partial charge is 0.161 e. The van der Waals surface area contributed by atoms with Crippen LogP contribution in [0.25, 0.3) is 89.9 Å². The molecule has 0 fully saturated rings. The predicted octanol–water partition coefficient (Wildman–Crippen LogP) is 11.1. The van der Waals surface area contributed by atoms with Gasteiger partial charge in [0.2, 0.25) is 0 Å². The van der Waals surface area contributed by atoms with Gasteiger partial charge in [0.1, 0.15) is 5.82 Å². The van der Waals surface area contributed by atoms with Crippen LogP contribution in [-0.2, 0) is 0 Å².